The summed E-state index contributed by atoms with van der Waals surface area (Å²) in [6, 6.07) is 0.515. The quantitative estimate of drug-likeness (QED) is 0.639. The molecular weight excluding hydrogens is 178 g/mol. The van der Waals surface area contributed by atoms with E-state index in [1.807, 2.05) is 4.90 Å². The van der Waals surface area contributed by atoms with Crippen LogP contribution in [-0.4, -0.2) is 43.2 Å². The van der Waals surface area contributed by atoms with Crippen molar-refractivity contribution < 1.29 is 4.79 Å². The number of nitrogens with one attached hydrogen (secondary N) is 2. The lowest BCUT2D eigenvalue weighted by atomic mass is 9.93. The smallest absolute Gasteiger partial charge is 0.317 e. The highest BCUT2D eigenvalue weighted by Gasteiger charge is 2.31. The van der Waals surface area contributed by atoms with Crippen molar-refractivity contribution in [2.45, 2.75) is 25.8 Å². The number of piperidine rings is 1. The molecule has 2 aliphatic rings. The van der Waals surface area contributed by atoms with E-state index < -0.39 is 0 Å². The number of urea groups is 1. The molecule has 2 N–H and O–H groups in total. The summed E-state index contributed by atoms with van der Waals surface area (Å²) in [5, 5.41) is 6.27. The van der Waals surface area contributed by atoms with Gasteiger partial charge in [0.15, 0.2) is 0 Å². The Hall–Kier alpha value is -0.770. The molecule has 14 heavy (non-hydrogen) atoms. The van der Waals surface area contributed by atoms with Crippen LogP contribution in [0.5, 0.6) is 0 Å². The maximum Gasteiger partial charge on any atom is 0.317 e. The third-order valence-electron chi connectivity index (χ3n) is 3.30. The van der Waals surface area contributed by atoms with Gasteiger partial charge in [0, 0.05) is 25.7 Å². The second-order valence-corrected chi connectivity index (χ2v) is 4.32. The predicted octanol–water partition coefficient (Wildman–Crippen LogP) is 0.400. The summed E-state index contributed by atoms with van der Waals surface area (Å²) in [6.07, 6.45) is 2.25. The largest absolute Gasteiger partial charge is 0.338 e. The minimum Gasteiger partial charge on any atom is -0.338 e. The van der Waals surface area contributed by atoms with Crippen molar-refractivity contribution in [2.75, 3.05) is 26.2 Å². The Kier molecular flexibility index (Phi) is 2.91. The SMILES string of the molecule is CC1CCNCC1N1CCCNC1=O. The second kappa shape index (κ2) is 4.17. The van der Waals surface area contributed by atoms with E-state index in [4.69, 9.17) is 0 Å². The summed E-state index contributed by atoms with van der Waals surface area (Å²) in [4.78, 5) is 13.6. The van der Waals surface area contributed by atoms with E-state index >= 15 is 0 Å². The molecule has 2 fully saturated rings. The van der Waals surface area contributed by atoms with Crippen LogP contribution >= 0.6 is 0 Å². The molecule has 0 aliphatic carbocycles. The first kappa shape index (κ1) is 9.77. The molecule has 2 atom stereocenters. The summed E-state index contributed by atoms with van der Waals surface area (Å²) in [5.41, 5.74) is 0. The molecule has 2 heterocycles. The standard InChI is InChI=1S/C10H19N3O/c1-8-3-5-11-7-9(8)13-6-2-4-12-10(13)14/h8-9,11H,2-7H2,1H3,(H,12,14). The molecule has 0 saturated carbocycles. The normalized spacial score (nSPS) is 34.1. The first-order valence-corrected chi connectivity index (χ1v) is 5.54. The number of carbonyl (C=O) groups is 1. The van der Waals surface area contributed by atoms with Crippen molar-refractivity contribution in [1.29, 1.82) is 0 Å². The molecule has 0 aromatic heterocycles. The zero-order valence-electron chi connectivity index (χ0n) is 8.75. The van der Waals surface area contributed by atoms with Gasteiger partial charge in [-0.3, -0.25) is 0 Å². The number of hydrogen-bond donors (Lipinski definition) is 2. The Bertz CT molecular complexity index is 219. The molecule has 0 aromatic carbocycles. The Balaban J connectivity index is 2.00. The molecule has 0 spiro atoms. The maximum absolute atomic E-state index is 11.6. The predicted molar refractivity (Wildman–Crippen MR) is 55.2 cm³/mol. The van der Waals surface area contributed by atoms with Gasteiger partial charge in [-0.05, 0) is 25.3 Å². The van der Waals surface area contributed by atoms with Gasteiger partial charge in [0.2, 0.25) is 0 Å². The minimum atomic E-state index is 0.122. The van der Waals surface area contributed by atoms with E-state index in [-0.39, 0.29) is 6.03 Å². The van der Waals surface area contributed by atoms with Crippen LogP contribution in [0.2, 0.25) is 0 Å². The Morgan fingerprint density at radius 1 is 1.43 bits per heavy atom. The van der Waals surface area contributed by atoms with Gasteiger partial charge < -0.3 is 15.5 Å². The number of carbonyl (C=O) groups excluding carboxylic acids is 1. The van der Waals surface area contributed by atoms with Crippen LogP contribution in [0.3, 0.4) is 0 Å². The van der Waals surface area contributed by atoms with Gasteiger partial charge in [-0.25, -0.2) is 4.79 Å². The molecule has 2 aliphatic heterocycles. The van der Waals surface area contributed by atoms with Crippen LogP contribution in [0.1, 0.15) is 19.8 Å². The zero-order valence-corrected chi connectivity index (χ0v) is 8.75. The molecule has 0 bridgehead atoms. The summed E-state index contributed by atoms with van der Waals surface area (Å²) in [6.45, 7) is 6.04. The lowest BCUT2D eigenvalue weighted by Gasteiger charge is -2.40. The molecule has 80 valence electrons. The fraction of sp³-hybridized carbons (Fsp3) is 0.900. The van der Waals surface area contributed by atoms with Crippen molar-refractivity contribution in [2.24, 2.45) is 5.92 Å². The minimum absolute atomic E-state index is 0.122. The highest BCUT2D eigenvalue weighted by atomic mass is 16.2. The van der Waals surface area contributed by atoms with E-state index in [0.717, 1.165) is 32.6 Å². The van der Waals surface area contributed by atoms with Gasteiger partial charge in [0.1, 0.15) is 0 Å². The zero-order chi connectivity index (χ0) is 9.97. The van der Waals surface area contributed by atoms with Crippen molar-refractivity contribution >= 4 is 6.03 Å². The lowest BCUT2D eigenvalue weighted by Crippen LogP contribution is -2.58. The molecule has 2 rings (SSSR count). The van der Waals surface area contributed by atoms with Gasteiger partial charge in [-0.2, -0.15) is 0 Å². The third kappa shape index (κ3) is 1.85. The molecule has 0 radical (unpaired) electrons. The van der Waals surface area contributed by atoms with Gasteiger partial charge in [0.05, 0.1) is 0 Å². The fourth-order valence-corrected chi connectivity index (χ4v) is 2.35. The van der Waals surface area contributed by atoms with E-state index in [1.54, 1.807) is 0 Å². The monoisotopic (exact) mass is 197 g/mol. The van der Waals surface area contributed by atoms with Crippen molar-refractivity contribution in [3.8, 4) is 0 Å². The second-order valence-electron chi connectivity index (χ2n) is 4.32. The van der Waals surface area contributed by atoms with Crippen molar-refractivity contribution in [3.05, 3.63) is 0 Å². The van der Waals surface area contributed by atoms with E-state index in [2.05, 4.69) is 17.6 Å². The summed E-state index contributed by atoms with van der Waals surface area (Å²) >= 11 is 0. The number of nitrogens with zero attached hydrogens (tertiary/aromatic N) is 1. The number of rotatable bonds is 1. The summed E-state index contributed by atoms with van der Waals surface area (Å²) in [5.74, 6) is 0.625. The Labute approximate surface area is 85.0 Å². The molecule has 0 aromatic rings. The van der Waals surface area contributed by atoms with Crippen LogP contribution in [-0.2, 0) is 0 Å². The van der Waals surface area contributed by atoms with Crippen molar-refractivity contribution in [1.82, 2.24) is 15.5 Å². The average molecular weight is 197 g/mol. The number of hydrogen-bond acceptors (Lipinski definition) is 2. The maximum atomic E-state index is 11.6. The fourth-order valence-electron chi connectivity index (χ4n) is 2.35. The third-order valence-corrected chi connectivity index (χ3v) is 3.30. The first-order valence-electron chi connectivity index (χ1n) is 5.54. The number of amides is 2. The van der Waals surface area contributed by atoms with Gasteiger partial charge >= 0.3 is 6.03 Å². The van der Waals surface area contributed by atoms with Gasteiger partial charge in [-0.15, -0.1) is 0 Å². The highest BCUT2D eigenvalue weighted by molar-refractivity contribution is 5.75. The molecular formula is C10H19N3O. The van der Waals surface area contributed by atoms with Gasteiger partial charge in [-0.1, -0.05) is 6.92 Å². The molecule has 2 amide bonds. The molecule has 2 unspecified atom stereocenters. The molecule has 2 saturated heterocycles. The average Bonchev–Trinajstić information content (AvgIpc) is 2.20. The van der Waals surface area contributed by atoms with Crippen LogP contribution in [0.25, 0.3) is 0 Å². The van der Waals surface area contributed by atoms with Crippen LogP contribution in [0.15, 0.2) is 0 Å². The van der Waals surface area contributed by atoms with E-state index in [0.29, 0.717) is 12.0 Å². The molecule has 4 nitrogen and oxygen atoms in total. The summed E-state index contributed by atoms with van der Waals surface area (Å²) < 4.78 is 0. The van der Waals surface area contributed by atoms with E-state index in [1.165, 1.54) is 6.42 Å². The highest BCUT2D eigenvalue weighted by Crippen LogP contribution is 2.19. The summed E-state index contributed by atoms with van der Waals surface area (Å²) in [7, 11) is 0. The van der Waals surface area contributed by atoms with Gasteiger partial charge in [0.25, 0.3) is 0 Å². The Morgan fingerprint density at radius 3 is 3.00 bits per heavy atom. The van der Waals surface area contributed by atoms with E-state index in [9.17, 15) is 4.79 Å². The first-order chi connectivity index (χ1) is 6.79. The topological polar surface area (TPSA) is 44.4 Å². The van der Waals surface area contributed by atoms with Crippen LogP contribution in [0.4, 0.5) is 4.79 Å². The van der Waals surface area contributed by atoms with Crippen LogP contribution < -0.4 is 10.6 Å². The van der Waals surface area contributed by atoms with Crippen molar-refractivity contribution in [3.63, 3.8) is 0 Å². The Morgan fingerprint density at radius 2 is 2.29 bits per heavy atom. The lowest BCUT2D eigenvalue weighted by molar-refractivity contribution is 0.122. The van der Waals surface area contributed by atoms with Crippen LogP contribution in [0, 0.1) is 5.92 Å². The molecule has 4 heteroatoms.